The molecule has 0 N–H and O–H groups in total. The van der Waals surface area contributed by atoms with Gasteiger partial charge in [-0.2, -0.15) is 10.5 Å². The molecule has 51 heavy (non-hydrogen) atoms. The number of aryl methyl sites for hydroxylation is 2. The molecule has 2 aromatic heterocycles. The molecular weight excluding hydrogens is 623 g/mol. The summed E-state index contributed by atoms with van der Waals surface area (Å²) in [5.41, 5.74) is 12.9. The zero-order chi connectivity index (χ0) is 34.6. The molecule has 0 unspecified atom stereocenters. The van der Waals surface area contributed by atoms with Gasteiger partial charge < -0.3 is 14.0 Å². The van der Waals surface area contributed by atoms with Gasteiger partial charge in [0.1, 0.15) is 0 Å². The van der Waals surface area contributed by atoms with E-state index in [9.17, 15) is 10.5 Å². The monoisotopic (exact) mass is 653 g/mol. The molecule has 2 heterocycles. The second kappa shape index (κ2) is 11.8. The quantitative estimate of drug-likeness (QED) is 0.186. The minimum absolute atomic E-state index is 0.592. The first-order valence-electron chi connectivity index (χ1n) is 17.0. The van der Waals surface area contributed by atoms with Gasteiger partial charge in [-0.1, -0.05) is 59.7 Å². The largest absolute Gasteiger partial charge is 0.310 e. The van der Waals surface area contributed by atoms with E-state index in [1.807, 2.05) is 48.5 Å². The lowest BCUT2D eigenvalue weighted by molar-refractivity contribution is 1.12. The number of fused-ring (bicyclic) bond motifs is 6. The molecule has 0 aliphatic rings. The molecule has 0 radical (unpaired) electrons. The Balaban J connectivity index is 1.40. The van der Waals surface area contributed by atoms with Gasteiger partial charge in [-0.25, -0.2) is 0 Å². The van der Waals surface area contributed by atoms with Crippen molar-refractivity contribution in [2.75, 3.05) is 4.90 Å². The first-order valence-corrected chi connectivity index (χ1v) is 17.0. The van der Waals surface area contributed by atoms with Crippen LogP contribution in [0.4, 0.5) is 17.1 Å². The van der Waals surface area contributed by atoms with Crippen LogP contribution in [0.25, 0.3) is 55.0 Å². The van der Waals surface area contributed by atoms with Crippen molar-refractivity contribution in [2.45, 2.75) is 13.8 Å². The maximum absolute atomic E-state index is 9.62. The van der Waals surface area contributed by atoms with Crippen LogP contribution < -0.4 is 4.90 Å². The molecule has 0 bridgehead atoms. The predicted molar refractivity (Wildman–Crippen MR) is 209 cm³/mol. The Morgan fingerprint density at radius 1 is 0.412 bits per heavy atom. The summed E-state index contributed by atoms with van der Waals surface area (Å²) in [7, 11) is 0. The van der Waals surface area contributed by atoms with Crippen LogP contribution in [0.2, 0.25) is 0 Å². The standard InChI is InChI=1S/C46H31N5/c1-30-11-21-45-41(23-30)39-7-3-5-9-43(39)50(45)37-25-36(49(34-17-13-32(28-47)14-18-34)35-19-15-33(29-48)16-20-35)26-38(27-37)51-44-10-6-4-8-40(44)42-24-31(2)12-22-46(42)51/h3-27H,1-2H3. The van der Waals surface area contributed by atoms with Gasteiger partial charge in [-0.15, -0.1) is 0 Å². The normalized spacial score (nSPS) is 11.3. The molecule has 0 aliphatic carbocycles. The molecule has 0 fully saturated rings. The fraction of sp³-hybridized carbons (Fsp3) is 0.0435. The maximum Gasteiger partial charge on any atom is 0.0991 e. The van der Waals surface area contributed by atoms with Crippen LogP contribution in [-0.4, -0.2) is 9.13 Å². The predicted octanol–water partition coefficient (Wildman–Crippen LogP) is 11.7. The molecule has 5 heteroatoms. The number of nitriles is 2. The maximum atomic E-state index is 9.62. The van der Waals surface area contributed by atoms with E-state index < -0.39 is 0 Å². The average molecular weight is 654 g/mol. The van der Waals surface area contributed by atoms with Crippen LogP contribution >= 0.6 is 0 Å². The van der Waals surface area contributed by atoms with Gasteiger partial charge >= 0.3 is 0 Å². The van der Waals surface area contributed by atoms with Gasteiger partial charge in [0.25, 0.3) is 0 Å². The Bertz CT molecular complexity index is 2700. The molecule has 9 rings (SSSR count). The number of aromatic nitrogens is 2. The highest BCUT2D eigenvalue weighted by atomic mass is 15.1. The second-order valence-electron chi connectivity index (χ2n) is 13.1. The van der Waals surface area contributed by atoms with E-state index in [1.165, 1.54) is 32.7 Å². The average Bonchev–Trinajstić information content (AvgIpc) is 3.67. The SMILES string of the molecule is Cc1ccc2c(c1)c1ccccc1n2-c1cc(N(c2ccc(C#N)cc2)c2ccc(C#N)cc2)cc(-n2c3ccccc3c3cc(C)ccc32)c1. The number of hydrogen-bond donors (Lipinski definition) is 0. The highest BCUT2D eigenvalue weighted by Gasteiger charge is 2.20. The van der Waals surface area contributed by atoms with E-state index in [2.05, 4.69) is 143 Å². The first kappa shape index (κ1) is 30.0. The fourth-order valence-electron chi connectivity index (χ4n) is 7.51. The summed E-state index contributed by atoms with van der Waals surface area (Å²) in [6.45, 7) is 4.28. The zero-order valence-electron chi connectivity index (χ0n) is 28.2. The van der Waals surface area contributed by atoms with Gasteiger partial charge in [-0.05, 0) is 117 Å². The summed E-state index contributed by atoms with van der Waals surface area (Å²) in [6, 6.07) is 57.2. The lowest BCUT2D eigenvalue weighted by atomic mass is 10.1. The van der Waals surface area contributed by atoms with Crippen LogP contribution in [0, 0.1) is 36.5 Å². The van der Waals surface area contributed by atoms with Crippen molar-refractivity contribution in [1.82, 2.24) is 9.13 Å². The van der Waals surface area contributed by atoms with Gasteiger partial charge in [0.15, 0.2) is 0 Å². The Labute approximate surface area is 295 Å². The molecule has 0 aliphatic heterocycles. The number of benzene rings is 7. The van der Waals surface area contributed by atoms with Crippen molar-refractivity contribution in [2.24, 2.45) is 0 Å². The topological polar surface area (TPSA) is 60.7 Å². The Kier molecular flexibility index (Phi) is 6.95. The highest BCUT2D eigenvalue weighted by Crippen LogP contribution is 2.41. The number of nitrogens with zero attached hydrogens (tertiary/aromatic N) is 5. The van der Waals surface area contributed by atoms with E-state index in [4.69, 9.17) is 0 Å². The summed E-state index contributed by atoms with van der Waals surface area (Å²) < 4.78 is 4.73. The highest BCUT2D eigenvalue weighted by molar-refractivity contribution is 6.11. The summed E-state index contributed by atoms with van der Waals surface area (Å²) in [5, 5.41) is 24.1. The van der Waals surface area contributed by atoms with E-state index in [0.29, 0.717) is 11.1 Å². The van der Waals surface area contributed by atoms with Crippen LogP contribution in [0.1, 0.15) is 22.3 Å². The van der Waals surface area contributed by atoms with Gasteiger partial charge in [0, 0.05) is 32.9 Å². The summed E-state index contributed by atoms with van der Waals surface area (Å²) in [6.07, 6.45) is 0. The Hall–Kier alpha value is -7.08. The van der Waals surface area contributed by atoms with Crippen LogP contribution in [0.3, 0.4) is 0 Å². The third-order valence-corrected chi connectivity index (χ3v) is 9.83. The van der Waals surface area contributed by atoms with E-state index >= 15 is 0 Å². The molecule has 7 aromatic carbocycles. The van der Waals surface area contributed by atoms with Crippen molar-refractivity contribution >= 4 is 60.7 Å². The number of para-hydroxylation sites is 2. The van der Waals surface area contributed by atoms with Crippen LogP contribution in [0.5, 0.6) is 0 Å². The molecule has 240 valence electrons. The second-order valence-corrected chi connectivity index (χ2v) is 13.1. The van der Waals surface area contributed by atoms with Gasteiger partial charge in [0.05, 0.1) is 62.4 Å². The lowest BCUT2D eigenvalue weighted by Crippen LogP contribution is -2.12. The molecule has 0 atom stereocenters. The molecule has 0 amide bonds. The lowest BCUT2D eigenvalue weighted by Gasteiger charge is -2.27. The third kappa shape index (κ3) is 4.92. The molecule has 0 saturated carbocycles. The van der Waals surface area contributed by atoms with Crippen molar-refractivity contribution < 1.29 is 0 Å². The summed E-state index contributed by atoms with van der Waals surface area (Å²) in [4.78, 5) is 2.20. The number of anilines is 3. The van der Waals surface area contributed by atoms with E-state index in [1.54, 1.807) is 0 Å². The molecular formula is C46H31N5. The summed E-state index contributed by atoms with van der Waals surface area (Å²) >= 11 is 0. The first-order chi connectivity index (χ1) is 25.0. The van der Waals surface area contributed by atoms with E-state index in [0.717, 1.165) is 50.5 Å². The van der Waals surface area contributed by atoms with Gasteiger partial charge in [0.2, 0.25) is 0 Å². The number of hydrogen-bond acceptors (Lipinski definition) is 3. The smallest absolute Gasteiger partial charge is 0.0991 e. The Morgan fingerprint density at radius 2 is 0.824 bits per heavy atom. The van der Waals surface area contributed by atoms with Gasteiger partial charge in [-0.3, -0.25) is 0 Å². The molecule has 5 nitrogen and oxygen atoms in total. The Morgan fingerprint density at radius 3 is 1.25 bits per heavy atom. The number of rotatable bonds is 5. The molecule has 0 saturated heterocycles. The fourth-order valence-corrected chi connectivity index (χ4v) is 7.51. The van der Waals surface area contributed by atoms with Crippen molar-refractivity contribution in [3.63, 3.8) is 0 Å². The van der Waals surface area contributed by atoms with Crippen LogP contribution in [0.15, 0.2) is 152 Å². The van der Waals surface area contributed by atoms with Crippen LogP contribution in [-0.2, 0) is 0 Å². The molecule has 9 aromatic rings. The van der Waals surface area contributed by atoms with Crippen molar-refractivity contribution in [3.05, 3.63) is 174 Å². The minimum Gasteiger partial charge on any atom is -0.310 e. The zero-order valence-corrected chi connectivity index (χ0v) is 28.2. The van der Waals surface area contributed by atoms with Crippen molar-refractivity contribution in [3.8, 4) is 23.5 Å². The third-order valence-electron chi connectivity index (χ3n) is 9.83. The van der Waals surface area contributed by atoms with Crippen molar-refractivity contribution in [1.29, 1.82) is 10.5 Å². The minimum atomic E-state index is 0.592. The summed E-state index contributed by atoms with van der Waals surface area (Å²) in [5.74, 6) is 0. The van der Waals surface area contributed by atoms with E-state index in [-0.39, 0.29) is 0 Å². The molecule has 0 spiro atoms.